The number of benzene rings is 3. The summed E-state index contributed by atoms with van der Waals surface area (Å²) in [4.78, 5) is 18.4. The van der Waals surface area contributed by atoms with Gasteiger partial charge >= 0.3 is 0 Å². The van der Waals surface area contributed by atoms with Crippen molar-refractivity contribution in [2.75, 3.05) is 11.4 Å². The second kappa shape index (κ2) is 9.03. The highest BCUT2D eigenvalue weighted by atomic mass is 35.5. The van der Waals surface area contributed by atoms with Crippen LogP contribution >= 0.6 is 11.6 Å². The molecule has 0 saturated carbocycles. The van der Waals surface area contributed by atoms with Crippen LogP contribution in [0.25, 0.3) is 11.4 Å². The van der Waals surface area contributed by atoms with Gasteiger partial charge in [-0.15, -0.1) is 0 Å². The first-order valence-corrected chi connectivity index (χ1v) is 10.8. The van der Waals surface area contributed by atoms with Gasteiger partial charge in [-0.3, -0.25) is 4.79 Å². The van der Waals surface area contributed by atoms with Crippen molar-refractivity contribution in [3.63, 3.8) is 0 Å². The third-order valence-corrected chi connectivity index (χ3v) is 5.71. The monoisotopic (exact) mass is 463 g/mol. The maximum Gasteiger partial charge on any atom is 0.232 e. The second-order valence-corrected chi connectivity index (χ2v) is 8.19. The molecule has 8 heteroatoms. The number of anilines is 1. The van der Waals surface area contributed by atoms with Gasteiger partial charge in [-0.2, -0.15) is 4.98 Å². The maximum atomic E-state index is 14.2. The summed E-state index contributed by atoms with van der Waals surface area (Å²) in [5, 5.41) is 4.42. The number of ether oxygens (including phenoxy) is 1. The molecule has 1 aliphatic heterocycles. The molecule has 1 amide bonds. The molecule has 0 bridgehead atoms. The van der Waals surface area contributed by atoms with Crippen LogP contribution in [0.15, 0.2) is 77.3 Å². The zero-order valence-electron chi connectivity index (χ0n) is 17.4. The zero-order valence-corrected chi connectivity index (χ0v) is 18.2. The Balaban J connectivity index is 1.26. The fraction of sp³-hybridized carbons (Fsp3) is 0.160. The molecule has 6 nitrogen and oxygen atoms in total. The van der Waals surface area contributed by atoms with Gasteiger partial charge in [0.1, 0.15) is 18.2 Å². The van der Waals surface area contributed by atoms with Gasteiger partial charge in [0.05, 0.1) is 11.6 Å². The molecule has 1 saturated heterocycles. The topological polar surface area (TPSA) is 68.5 Å². The second-order valence-electron chi connectivity index (χ2n) is 7.76. The summed E-state index contributed by atoms with van der Waals surface area (Å²) in [6.45, 7) is 0.718. The van der Waals surface area contributed by atoms with Gasteiger partial charge in [0, 0.05) is 23.6 Å². The molecule has 0 spiro atoms. The molecule has 0 N–H and O–H groups in total. The van der Waals surface area contributed by atoms with Crippen LogP contribution in [0, 0.1) is 5.82 Å². The van der Waals surface area contributed by atoms with Crippen LogP contribution in [-0.4, -0.2) is 22.6 Å². The standard InChI is InChI=1S/C25H19ClFN3O3/c26-19-8-11-21(27)22(13-19)30-14-18(12-23(30)31)25-28-24(29-33-25)17-6-9-20(10-7-17)32-15-16-4-2-1-3-5-16/h1-11,13,18H,12,14-15H2. The van der Waals surface area contributed by atoms with Crippen molar-refractivity contribution in [2.24, 2.45) is 0 Å². The lowest BCUT2D eigenvalue weighted by atomic mass is 10.1. The first-order valence-electron chi connectivity index (χ1n) is 10.4. The van der Waals surface area contributed by atoms with E-state index in [4.69, 9.17) is 20.9 Å². The predicted octanol–water partition coefficient (Wildman–Crippen LogP) is 5.63. The van der Waals surface area contributed by atoms with Crippen LogP contribution in [0.4, 0.5) is 10.1 Å². The van der Waals surface area contributed by atoms with E-state index in [0.717, 1.165) is 16.9 Å². The molecule has 1 unspecified atom stereocenters. The Kier molecular flexibility index (Phi) is 5.79. The largest absolute Gasteiger partial charge is 0.489 e. The summed E-state index contributed by atoms with van der Waals surface area (Å²) in [5.74, 6) is 0.430. The molecule has 33 heavy (non-hydrogen) atoms. The first kappa shape index (κ1) is 21.2. The average molecular weight is 464 g/mol. The number of nitrogens with zero attached hydrogens (tertiary/aromatic N) is 3. The van der Waals surface area contributed by atoms with Crippen molar-refractivity contribution in [2.45, 2.75) is 18.9 Å². The summed E-state index contributed by atoms with van der Waals surface area (Å²) in [6.07, 6.45) is 0.153. The SMILES string of the molecule is O=C1CC(c2nc(-c3ccc(OCc4ccccc4)cc3)no2)CN1c1cc(Cl)ccc1F. The molecule has 1 aliphatic rings. The molecule has 1 atom stereocenters. The molecule has 0 radical (unpaired) electrons. The molecule has 5 rings (SSSR count). The smallest absolute Gasteiger partial charge is 0.232 e. The van der Waals surface area contributed by atoms with Gasteiger partial charge in [0.15, 0.2) is 0 Å². The van der Waals surface area contributed by atoms with Crippen molar-refractivity contribution < 1.29 is 18.4 Å². The van der Waals surface area contributed by atoms with Crippen LogP contribution in [0.5, 0.6) is 5.75 Å². The van der Waals surface area contributed by atoms with E-state index in [1.807, 2.05) is 54.6 Å². The summed E-state index contributed by atoms with van der Waals surface area (Å²) < 4.78 is 25.5. The van der Waals surface area contributed by atoms with Crippen molar-refractivity contribution in [1.82, 2.24) is 10.1 Å². The Bertz CT molecular complexity index is 1280. The number of rotatable bonds is 6. The molecule has 0 aliphatic carbocycles. The Morgan fingerprint density at radius 2 is 1.88 bits per heavy atom. The number of halogens is 2. The Hall–Kier alpha value is -3.71. The Morgan fingerprint density at radius 1 is 1.09 bits per heavy atom. The molecular formula is C25H19ClFN3O3. The lowest BCUT2D eigenvalue weighted by Gasteiger charge is -2.17. The van der Waals surface area contributed by atoms with Crippen LogP contribution < -0.4 is 9.64 Å². The number of aromatic nitrogens is 2. The quantitative estimate of drug-likeness (QED) is 0.371. The van der Waals surface area contributed by atoms with Gasteiger partial charge in [-0.1, -0.05) is 47.1 Å². The lowest BCUT2D eigenvalue weighted by molar-refractivity contribution is -0.117. The van der Waals surface area contributed by atoms with Gasteiger partial charge < -0.3 is 14.2 Å². The summed E-state index contributed by atoms with van der Waals surface area (Å²) >= 11 is 5.98. The minimum atomic E-state index is -0.505. The number of carbonyl (C=O) groups is 1. The van der Waals surface area contributed by atoms with Crippen LogP contribution in [0.2, 0.25) is 5.02 Å². The molecule has 2 heterocycles. The molecule has 3 aromatic carbocycles. The average Bonchev–Trinajstić information content (AvgIpc) is 3.47. The highest BCUT2D eigenvalue weighted by Gasteiger charge is 2.36. The van der Waals surface area contributed by atoms with E-state index in [9.17, 15) is 9.18 Å². The van der Waals surface area contributed by atoms with E-state index in [1.54, 1.807) is 0 Å². The first-order chi connectivity index (χ1) is 16.1. The Labute approximate surface area is 194 Å². The maximum absolute atomic E-state index is 14.2. The van der Waals surface area contributed by atoms with E-state index in [1.165, 1.54) is 23.1 Å². The summed E-state index contributed by atoms with van der Waals surface area (Å²) in [7, 11) is 0. The van der Waals surface area contributed by atoms with Crippen LogP contribution in [-0.2, 0) is 11.4 Å². The highest BCUT2D eigenvalue weighted by molar-refractivity contribution is 6.31. The van der Waals surface area contributed by atoms with Crippen molar-refractivity contribution in [3.8, 4) is 17.1 Å². The van der Waals surface area contributed by atoms with Gasteiger partial charge in [0.2, 0.25) is 17.6 Å². The van der Waals surface area contributed by atoms with Crippen LogP contribution in [0.3, 0.4) is 0 Å². The number of hydrogen-bond acceptors (Lipinski definition) is 5. The fourth-order valence-electron chi connectivity index (χ4n) is 3.76. The third-order valence-electron chi connectivity index (χ3n) is 5.48. The number of amides is 1. The summed E-state index contributed by atoms with van der Waals surface area (Å²) in [5.41, 5.74) is 2.00. The van der Waals surface area contributed by atoms with Gasteiger partial charge in [-0.05, 0) is 48.0 Å². The fourth-order valence-corrected chi connectivity index (χ4v) is 3.92. The molecule has 1 fully saturated rings. The highest BCUT2D eigenvalue weighted by Crippen LogP contribution is 2.34. The van der Waals surface area contributed by atoms with Gasteiger partial charge in [-0.25, -0.2) is 4.39 Å². The molecule has 1 aromatic heterocycles. The predicted molar refractivity (Wildman–Crippen MR) is 122 cm³/mol. The van der Waals surface area contributed by atoms with Crippen molar-refractivity contribution in [1.29, 1.82) is 0 Å². The van der Waals surface area contributed by atoms with Crippen molar-refractivity contribution >= 4 is 23.2 Å². The summed E-state index contributed by atoms with van der Waals surface area (Å²) in [6, 6.07) is 21.4. The van der Waals surface area contributed by atoms with E-state index in [-0.39, 0.29) is 30.5 Å². The molecule has 4 aromatic rings. The van der Waals surface area contributed by atoms with Gasteiger partial charge in [0.25, 0.3) is 0 Å². The lowest BCUT2D eigenvalue weighted by Crippen LogP contribution is -2.25. The Morgan fingerprint density at radius 3 is 2.67 bits per heavy atom. The third kappa shape index (κ3) is 4.59. The van der Waals surface area contributed by atoms with E-state index < -0.39 is 5.82 Å². The minimum absolute atomic E-state index is 0.153. The minimum Gasteiger partial charge on any atom is -0.489 e. The number of hydrogen-bond donors (Lipinski definition) is 0. The van der Waals surface area contributed by atoms with Crippen molar-refractivity contribution in [3.05, 3.63) is 95.1 Å². The number of carbonyl (C=O) groups excluding carboxylic acids is 1. The zero-order chi connectivity index (χ0) is 22.8. The van der Waals surface area contributed by atoms with E-state index in [2.05, 4.69) is 10.1 Å². The molecule has 166 valence electrons. The van der Waals surface area contributed by atoms with Crippen LogP contribution in [0.1, 0.15) is 23.8 Å². The molecular weight excluding hydrogens is 445 g/mol. The van der Waals surface area contributed by atoms with E-state index >= 15 is 0 Å². The van der Waals surface area contributed by atoms with E-state index in [0.29, 0.717) is 23.3 Å². The normalized spacial score (nSPS) is 15.8.